The first-order valence-electron chi connectivity index (χ1n) is 7.83. The van der Waals surface area contributed by atoms with Crippen LogP contribution in [0.1, 0.15) is 30.8 Å². The van der Waals surface area contributed by atoms with Gasteiger partial charge in [0.15, 0.2) is 0 Å². The van der Waals surface area contributed by atoms with E-state index in [1.54, 1.807) is 14.2 Å². The van der Waals surface area contributed by atoms with Crippen molar-refractivity contribution in [3.63, 3.8) is 0 Å². The second-order valence-electron chi connectivity index (χ2n) is 5.64. The Morgan fingerprint density at radius 1 is 1.14 bits per heavy atom. The van der Waals surface area contributed by atoms with Crippen LogP contribution in [0.5, 0.6) is 0 Å². The Kier molecular flexibility index (Phi) is 7.23. The quantitative estimate of drug-likeness (QED) is 0.598. The Hall–Kier alpha value is -0.880. The van der Waals surface area contributed by atoms with E-state index in [9.17, 15) is 0 Å². The topological polar surface area (TPSA) is 46.9 Å². The molecule has 1 aliphatic carbocycles. The van der Waals surface area contributed by atoms with Gasteiger partial charge in [0.2, 0.25) is 0 Å². The Labute approximate surface area is 127 Å². The maximum Gasteiger partial charge on any atom is 0.118 e. The van der Waals surface area contributed by atoms with Crippen molar-refractivity contribution in [3.8, 4) is 0 Å². The normalized spacial score (nSPS) is 15.0. The lowest BCUT2D eigenvalue weighted by atomic mass is 10.3. The van der Waals surface area contributed by atoms with Crippen LogP contribution in [0.15, 0.2) is 16.5 Å². The number of nitrogens with one attached hydrogen (secondary N) is 1. The van der Waals surface area contributed by atoms with Crippen molar-refractivity contribution in [2.75, 3.05) is 40.5 Å². The van der Waals surface area contributed by atoms with Gasteiger partial charge in [-0.15, -0.1) is 0 Å². The number of furan rings is 1. The minimum atomic E-state index is 0.714. The maximum absolute atomic E-state index is 5.90. The molecule has 1 aromatic rings. The summed E-state index contributed by atoms with van der Waals surface area (Å²) in [6.45, 7) is 5.11. The van der Waals surface area contributed by atoms with Crippen molar-refractivity contribution in [2.45, 2.75) is 38.4 Å². The van der Waals surface area contributed by atoms with Crippen LogP contribution in [0, 0.1) is 0 Å². The van der Waals surface area contributed by atoms with Crippen LogP contribution >= 0.6 is 0 Å². The van der Waals surface area contributed by atoms with Gasteiger partial charge in [-0.05, 0) is 31.4 Å². The van der Waals surface area contributed by atoms with Crippen molar-refractivity contribution < 1.29 is 13.9 Å². The van der Waals surface area contributed by atoms with Crippen LogP contribution < -0.4 is 5.32 Å². The van der Waals surface area contributed by atoms with E-state index in [1.807, 2.05) is 0 Å². The lowest BCUT2D eigenvalue weighted by Gasteiger charge is -2.20. The van der Waals surface area contributed by atoms with E-state index in [-0.39, 0.29) is 0 Å². The molecule has 0 unspecified atom stereocenters. The average molecular weight is 296 g/mol. The summed E-state index contributed by atoms with van der Waals surface area (Å²) in [5.41, 5.74) is 0. The highest BCUT2D eigenvalue weighted by Gasteiger charge is 2.20. The Balaban J connectivity index is 1.76. The van der Waals surface area contributed by atoms with Gasteiger partial charge in [-0.2, -0.15) is 0 Å². The van der Waals surface area contributed by atoms with E-state index >= 15 is 0 Å². The standard InChI is InChI=1S/C16H28N2O3/c1-19-10-3-8-18(9-11-20-2)13-16-7-6-15(21-16)12-17-14-4-5-14/h6-7,14,17H,3-5,8-13H2,1-2H3. The minimum Gasteiger partial charge on any atom is -0.463 e. The van der Waals surface area contributed by atoms with Gasteiger partial charge in [0.1, 0.15) is 11.5 Å². The number of hydrogen-bond donors (Lipinski definition) is 1. The summed E-state index contributed by atoms with van der Waals surface area (Å²) in [7, 11) is 3.48. The van der Waals surface area contributed by atoms with E-state index in [4.69, 9.17) is 13.9 Å². The largest absolute Gasteiger partial charge is 0.463 e. The molecule has 5 nitrogen and oxygen atoms in total. The molecule has 0 radical (unpaired) electrons. The highest BCUT2D eigenvalue weighted by Crippen LogP contribution is 2.20. The molecule has 1 N–H and O–H groups in total. The molecule has 1 heterocycles. The van der Waals surface area contributed by atoms with E-state index in [1.165, 1.54) is 12.8 Å². The van der Waals surface area contributed by atoms with Crippen molar-refractivity contribution in [2.24, 2.45) is 0 Å². The summed E-state index contributed by atoms with van der Waals surface area (Å²) in [5, 5.41) is 3.47. The average Bonchev–Trinajstić information content (AvgIpc) is 3.22. The molecule has 0 spiro atoms. The molecule has 1 aliphatic rings. The summed E-state index contributed by atoms with van der Waals surface area (Å²) in [5.74, 6) is 2.05. The zero-order chi connectivity index (χ0) is 14.9. The molecular weight excluding hydrogens is 268 g/mol. The van der Waals surface area contributed by atoms with Crippen LogP contribution in [-0.2, 0) is 22.6 Å². The third kappa shape index (κ3) is 6.61. The number of rotatable bonds is 12. The molecule has 120 valence electrons. The number of ether oxygens (including phenoxy) is 2. The molecule has 2 rings (SSSR count). The highest BCUT2D eigenvalue weighted by molar-refractivity contribution is 5.07. The molecule has 0 aromatic carbocycles. The van der Waals surface area contributed by atoms with Crippen molar-refractivity contribution in [3.05, 3.63) is 23.7 Å². The van der Waals surface area contributed by atoms with E-state index in [2.05, 4.69) is 22.3 Å². The molecule has 5 heteroatoms. The van der Waals surface area contributed by atoms with Gasteiger partial charge in [0.25, 0.3) is 0 Å². The molecular formula is C16H28N2O3. The Bertz CT molecular complexity index is 391. The fourth-order valence-electron chi connectivity index (χ4n) is 2.28. The predicted molar refractivity (Wildman–Crippen MR) is 82.2 cm³/mol. The van der Waals surface area contributed by atoms with Crippen LogP contribution in [0.3, 0.4) is 0 Å². The van der Waals surface area contributed by atoms with Crippen molar-refractivity contribution >= 4 is 0 Å². The van der Waals surface area contributed by atoms with Gasteiger partial charge < -0.3 is 19.2 Å². The molecule has 0 bridgehead atoms. The van der Waals surface area contributed by atoms with Crippen LogP contribution in [0.25, 0.3) is 0 Å². The molecule has 0 amide bonds. The summed E-state index contributed by atoms with van der Waals surface area (Å²) < 4.78 is 16.2. The van der Waals surface area contributed by atoms with Gasteiger partial charge in [-0.1, -0.05) is 0 Å². The lowest BCUT2D eigenvalue weighted by Crippen LogP contribution is -2.28. The molecule has 0 atom stereocenters. The summed E-state index contributed by atoms with van der Waals surface area (Å²) >= 11 is 0. The highest BCUT2D eigenvalue weighted by atomic mass is 16.5. The Morgan fingerprint density at radius 2 is 1.90 bits per heavy atom. The lowest BCUT2D eigenvalue weighted by molar-refractivity contribution is 0.124. The SMILES string of the molecule is COCCCN(CCOC)Cc1ccc(CNC2CC2)o1. The number of methoxy groups -OCH3 is 2. The monoisotopic (exact) mass is 296 g/mol. The van der Waals surface area contributed by atoms with Crippen LogP contribution in [0.4, 0.5) is 0 Å². The molecule has 1 aromatic heterocycles. The fourth-order valence-corrected chi connectivity index (χ4v) is 2.28. The molecule has 1 fully saturated rings. The van der Waals surface area contributed by atoms with Gasteiger partial charge >= 0.3 is 0 Å². The number of nitrogens with zero attached hydrogens (tertiary/aromatic N) is 1. The van der Waals surface area contributed by atoms with Gasteiger partial charge in [-0.25, -0.2) is 0 Å². The van der Waals surface area contributed by atoms with Crippen molar-refractivity contribution in [1.82, 2.24) is 10.2 Å². The van der Waals surface area contributed by atoms with Crippen molar-refractivity contribution in [1.29, 1.82) is 0 Å². The maximum atomic E-state index is 5.90. The van der Waals surface area contributed by atoms with Gasteiger partial charge in [0.05, 0.1) is 19.7 Å². The summed E-state index contributed by atoms with van der Waals surface area (Å²) in [6, 6.07) is 4.87. The molecule has 0 saturated heterocycles. The first kappa shape index (κ1) is 16.5. The first-order chi connectivity index (χ1) is 10.3. The molecule has 0 aliphatic heterocycles. The second kappa shape index (κ2) is 9.20. The third-order valence-corrected chi connectivity index (χ3v) is 3.67. The van der Waals surface area contributed by atoms with Crippen LogP contribution in [0.2, 0.25) is 0 Å². The summed E-state index contributed by atoms with van der Waals surface area (Å²) in [6.07, 6.45) is 3.63. The van der Waals surface area contributed by atoms with Crippen LogP contribution in [-0.4, -0.2) is 51.5 Å². The summed E-state index contributed by atoms with van der Waals surface area (Å²) in [4.78, 5) is 2.35. The minimum absolute atomic E-state index is 0.714. The van der Waals surface area contributed by atoms with Gasteiger partial charge in [-0.3, -0.25) is 4.90 Å². The van der Waals surface area contributed by atoms with E-state index in [0.29, 0.717) is 6.04 Å². The number of hydrogen-bond acceptors (Lipinski definition) is 5. The van der Waals surface area contributed by atoms with Gasteiger partial charge in [0, 0.05) is 40.0 Å². The van der Waals surface area contributed by atoms with E-state index < -0.39 is 0 Å². The predicted octanol–water partition coefficient (Wildman–Crippen LogP) is 2.02. The third-order valence-electron chi connectivity index (χ3n) is 3.67. The zero-order valence-corrected chi connectivity index (χ0v) is 13.3. The molecule has 1 saturated carbocycles. The Morgan fingerprint density at radius 3 is 2.62 bits per heavy atom. The molecule has 21 heavy (non-hydrogen) atoms. The first-order valence-corrected chi connectivity index (χ1v) is 7.83. The smallest absolute Gasteiger partial charge is 0.118 e. The fraction of sp³-hybridized carbons (Fsp3) is 0.750. The van der Waals surface area contributed by atoms with E-state index in [0.717, 1.165) is 57.3 Å². The second-order valence-corrected chi connectivity index (χ2v) is 5.64. The zero-order valence-electron chi connectivity index (χ0n) is 13.3.